The summed E-state index contributed by atoms with van der Waals surface area (Å²) in [5.74, 6) is 2.33. The van der Waals surface area contributed by atoms with E-state index >= 15 is 0 Å². The molecule has 8 nitrogen and oxygen atoms in total. The second-order valence-electron chi connectivity index (χ2n) is 5.38. The van der Waals surface area contributed by atoms with Gasteiger partial charge in [0.2, 0.25) is 0 Å². The summed E-state index contributed by atoms with van der Waals surface area (Å²) in [6, 6.07) is 0.191. The summed E-state index contributed by atoms with van der Waals surface area (Å²) < 4.78 is 2.15. The minimum absolute atomic E-state index is 0.0566. The quantitative estimate of drug-likeness (QED) is 0.686. The number of nitrogens with one attached hydrogen (secondary N) is 1. The maximum Gasteiger partial charge on any atom is 0.345 e. The van der Waals surface area contributed by atoms with Crippen molar-refractivity contribution in [2.75, 3.05) is 5.32 Å². The first-order valence-corrected chi connectivity index (χ1v) is 7.65. The molecule has 112 valence electrons. The van der Waals surface area contributed by atoms with Crippen LogP contribution in [0.2, 0.25) is 0 Å². The predicted octanol–water partition coefficient (Wildman–Crippen LogP) is 2.19. The molecule has 9 heteroatoms. The Morgan fingerprint density at radius 1 is 1.52 bits per heavy atom. The molecule has 1 aliphatic rings. The number of thiazole rings is 1. The van der Waals surface area contributed by atoms with E-state index in [1.807, 2.05) is 0 Å². The van der Waals surface area contributed by atoms with E-state index in [2.05, 4.69) is 38.9 Å². The Labute approximate surface area is 125 Å². The summed E-state index contributed by atoms with van der Waals surface area (Å²) >= 11 is 1.07. The lowest BCUT2D eigenvalue weighted by molar-refractivity contribution is -0.380. The molecule has 21 heavy (non-hydrogen) atoms. The molecule has 2 aromatic heterocycles. The number of nitro groups is 1. The van der Waals surface area contributed by atoms with Gasteiger partial charge in [0.25, 0.3) is 0 Å². The van der Waals surface area contributed by atoms with Crippen LogP contribution in [-0.2, 0) is 13.0 Å². The van der Waals surface area contributed by atoms with E-state index in [1.54, 1.807) is 0 Å². The Morgan fingerprint density at radius 3 is 3.00 bits per heavy atom. The van der Waals surface area contributed by atoms with E-state index in [4.69, 9.17) is 0 Å². The number of hydrogen-bond acceptors (Lipinski definition) is 7. The SMILES string of the molecule is CC(C)c1nnc2n1C[C@H](Nc1ncc([N+](=O)[O-])s1)CC2. The Morgan fingerprint density at radius 2 is 2.33 bits per heavy atom. The van der Waals surface area contributed by atoms with Gasteiger partial charge in [-0.1, -0.05) is 13.8 Å². The Kier molecular flexibility index (Phi) is 3.58. The molecule has 0 saturated heterocycles. The number of anilines is 1. The van der Waals surface area contributed by atoms with Gasteiger partial charge < -0.3 is 9.88 Å². The molecular weight excluding hydrogens is 292 g/mol. The number of hydrogen-bond donors (Lipinski definition) is 1. The van der Waals surface area contributed by atoms with E-state index in [0.29, 0.717) is 11.0 Å². The molecule has 2 aromatic rings. The molecule has 3 heterocycles. The molecule has 1 N–H and O–H groups in total. The summed E-state index contributed by atoms with van der Waals surface area (Å²) in [6.45, 7) is 4.96. The van der Waals surface area contributed by atoms with Gasteiger partial charge >= 0.3 is 5.00 Å². The van der Waals surface area contributed by atoms with Gasteiger partial charge in [-0.05, 0) is 17.8 Å². The highest BCUT2D eigenvalue weighted by Crippen LogP contribution is 2.28. The lowest BCUT2D eigenvalue weighted by Crippen LogP contribution is -2.32. The second kappa shape index (κ2) is 5.40. The van der Waals surface area contributed by atoms with Crippen molar-refractivity contribution in [1.82, 2.24) is 19.7 Å². The molecule has 0 amide bonds. The van der Waals surface area contributed by atoms with Crippen molar-refractivity contribution >= 4 is 21.5 Å². The molecule has 0 unspecified atom stereocenters. The van der Waals surface area contributed by atoms with Crippen LogP contribution in [0, 0.1) is 10.1 Å². The summed E-state index contributed by atoms with van der Waals surface area (Å²) in [5.41, 5.74) is 0. The average molecular weight is 308 g/mol. The average Bonchev–Trinajstić information content (AvgIpc) is 3.04. The third-order valence-corrected chi connectivity index (χ3v) is 4.37. The van der Waals surface area contributed by atoms with Crippen LogP contribution < -0.4 is 5.32 Å². The third kappa shape index (κ3) is 2.73. The molecule has 1 atom stereocenters. The van der Waals surface area contributed by atoms with Gasteiger partial charge in [-0.2, -0.15) is 0 Å². The van der Waals surface area contributed by atoms with Crippen molar-refractivity contribution in [3.05, 3.63) is 28.0 Å². The van der Waals surface area contributed by atoms with Gasteiger partial charge in [0.1, 0.15) is 17.8 Å². The highest BCUT2D eigenvalue weighted by atomic mass is 32.1. The van der Waals surface area contributed by atoms with Crippen molar-refractivity contribution in [3.8, 4) is 0 Å². The van der Waals surface area contributed by atoms with Gasteiger partial charge in [-0.3, -0.25) is 10.1 Å². The van der Waals surface area contributed by atoms with Crippen molar-refractivity contribution in [1.29, 1.82) is 0 Å². The minimum atomic E-state index is -0.418. The first kappa shape index (κ1) is 13.9. The zero-order chi connectivity index (χ0) is 15.0. The number of aromatic nitrogens is 4. The van der Waals surface area contributed by atoms with Crippen LogP contribution in [0.4, 0.5) is 10.1 Å². The van der Waals surface area contributed by atoms with E-state index in [0.717, 1.165) is 42.4 Å². The lowest BCUT2D eigenvalue weighted by atomic mass is 10.1. The van der Waals surface area contributed by atoms with Gasteiger partial charge in [0.05, 0.1) is 4.92 Å². The van der Waals surface area contributed by atoms with Gasteiger partial charge in [0, 0.05) is 24.9 Å². The normalized spacial score (nSPS) is 17.8. The van der Waals surface area contributed by atoms with Crippen LogP contribution in [0.25, 0.3) is 0 Å². The van der Waals surface area contributed by atoms with Crippen molar-refractivity contribution < 1.29 is 4.92 Å². The van der Waals surface area contributed by atoms with Crippen LogP contribution in [0.5, 0.6) is 0 Å². The first-order chi connectivity index (χ1) is 10.0. The Balaban J connectivity index is 1.73. The largest absolute Gasteiger partial charge is 0.357 e. The predicted molar refractivity (Wildman–Crippen MR) is 78.6 cm³/mol. The highest BCUT2D eigenvalue weighted by molar-refractivity contribution is 7.18. The van der Waals surface area contributed by atoms with E-state index < -0.39 is 4.92 Å². The van der Waals surface area contributed by atoms with Gasteiger partial charge in [-0.15, -0.1) is 10.2 Å². The van der Waals surface area contributed by atoms with Crippen molar-refractivity contribution in [2.24, 2.45) is 0 Å². The third-order valence-electron chi connectivity index (χ3n) is 3.49. The number of rotatable bonds is 4. The Bertz CT molecular complexity index is 665. The molecule has 0 radical (unpaired) electrons. The maximum atomic E-state index is 10.7. The van der Waals surface area contributed by atoms with Crippen LogP contribution >= 0.6 is 11.3 Å². The molecular formula is C12H16N6O2S. The smallest absolute Gasteiger partial charge is 0.345 e. The lowest BCUT2D eigenvalue weighted by Gasteiger charge is -2.25. The molecule has 0 aliphatic carbocycles. The molecule has 1 aliphatic heterocycles. The monoisotopic (exact) mass is 308 g/mol. The zero-order valence-corrected chi connectivity index (χ0v) is 12.6. The summed E-state index contributed by atoms with van der Waals surface area (Å²) in [6.07, 6.45) is 3.06. The fourth-order valence-electron chi connectivity index (χ4n) is 2.48. The fourth-order valence-corrected chi connectivity index (χ4v) is 3.19. The molecule has 0 fully saturated rings. The van der Waals surface area contributed by atoms with Crippen LogP contribution in [-0.4, -0.2) is 30.7 Å². The number of aryl methyl sites for hydroxylation is 1. The van der Waals surface area contributed by atoms with Gasteiger partial charge in [0.15, 0.2) is 5.13 Å². The molecule has 3 rings (SSSR count). The van der Waals surface area contributed by atoms with E-state index in [1.165, 1.54) is 6.20 Å². The van der Waals surface area contributed by atoms with Crippen LogP contribution in [0.3, 0.4) is 0 Å². The Hall–Kier alpha value is -2.03. The fraction of sp³-hybridized carbons (Fsp3) is 0.583. The highest BCUT2D eigenvalue weighted by Gasteiger charge is 2.25. The number of nitrogens with zero attached hydrogens (tertiary/aromatic N) is 5. The molecule has 0 spiro atoms. The molecule has 0 saturated carbocycles. The minimum Gasteiger partial charge on any atom is -0.357 e. The molecule has 0 bridgehead atoms. The van der Waals surface area contributed by atoms with Crippen molar-refractivity contribution in [2.45, 2.75) is 45.2 Å². The second-order valence-corrected chi connectivity index (χ2v) is 6.39. The van der Waals surface area contributed by atoms with E-state index in [-0.39, 0.29) is 11.0 Å². The van der Waals surface area contributed by atoms with Crippen LogP contribution in [0.15, 0.2) is 6.20 Å². The first-order valence-electron chi connectivity index (χ1n) is 6.83. The van der Waals surface area contributed by atoms with Crippen molar-refractivity contribution in [3.63, 3.8) is 0 Å². The number of fused-ring (bicyclic) bond motifs is 1. The maximum absolute atomic E-state index is 10.7. The van der Waals surface area contributed by atoms with Crippen LogP contribution in [0.1, 0.15) is 37.8 Å². The zero-order valence-electron chi connectivity index (χ0n) is 11.8. The van der Waals surface area contributed by atoms with Gasteiger partial charge in [-0.25, -0.2) is 4.98 Å². The molecule has 0 aromatic carbocycles. The summed E-state index contributed by atoms with van der Waals surface area (Å²) in [4.78, 5) is 14.3. The topological polar surface area (TPSA) is 98.8 Å². The summed E-state index contributed by atoms with van der Waals surface area (Å²) in [5, 5.41) is 23.1. The van der Waals surface area contributed by atoms with E-state index in [9.17, 15) is 10.1 Å². The summed E-state index contributed by atoms with van der Waals surface area (Å²) in [7, 11) is 0. The standard InChI is InChI=1S/C12H16N6O2S/c1-7(2)11-16-15-9-4-3-8(6-17(9)11)14-12-13-5-10(21-12)18(19)20/h5,7-8H,3-4,6H2,1-2H3,(H,13,14)/t8-/m1/s1.